The van der Waals surface area contributed by atoms with Gasteiger partial charge >= 0.3 is 0 Å². The van der Waals surface area contributed by atoms with Gasteiger partial charge in [0.05, 0.1) is 13.2 Å². The molecule has 1 aromatic carbocycles. The molecular formula is C16H15N3O2. The number of nitrogens with one attached hydrogen (secondary N) is 1. The molecule has 1 atom stereocenters. The van der Waals surface area contributed by atoms with Crippen molar-refractivity contribution in [2.45, 2.75) is 6.42 Å². The number of nitrogens with zero attached hydrogens (tertiary/aromatic N) is 2. The normalized spacial score (nSPS) is 11.2. The lowest BCUT2D eigenvalue weighted by atomic mass is 10.00. The third kappa shape index (κ3) is 4.05. The first kappa shape index (κ1) is 14.5. The van der Waals surface area contributed by atoms with E-state index in [1.165, 1.54) is 0 Å². The van der Waals surface area contributed by atoms with Crippen molar-refractivity contribution >= 4 is 11.7 Å². The number of carbonyl (C=O) groups is 1. The van der Waals surface area contributed by atoms with Crippen LogP contribution in [0.1, 0.15) is 5.56 Å². The lowest BCUT2D eigenvalue weighted by Crippen LogP contribution is -2.23. The van der Waals surface area contributed by atoms with Crippen molar-refractivity contribution in [3.05, 3.63) is 54.2 Å². The van der Waals surface area contributed by atoms with Crippen molar-refractivity contribution in [3.8, 4) is 11.8 Å². The molecule has 5 nitrogen and oxygen atoms in total. The van der Waals surface area contributed by atoms with E-state index in [4.69, 9.17) is 4.74 Å². The fourth-order valence-electron chi connectivity index (χ4n) is 1.84. The summed E-state index contributed by atoms with van der Waals surface area (Å²) in [7, 11) is 1.59. The van der Waals surface area contributed by atoms with Gasteiger partial charge in [0.25, 0.3) is 0 Å². The largest absolute Gasteiger partial charge is 0.497 e. The van der Waals surface area contributed by atoms with Crippen LogP contribution in [-0.4, -0.2) is 18.0 Å². The number of methoxy groups -OCH3 is 1. The number of ether oxygens (including phenoxy) is 1. The first-order valence-corrected chi connectivity index (χ1v) is 6.47. The van der Waals surface area contributed by atoms with Crippen LogP contribution >= 0.6 is 0 Å². The summed E-state index contributed by atoms with van der Waals surface area (Å²) >= 11 is 0. The maximum Gasteiger partial charge on any atom is 0.243 e. The van der Waals surface area contributed by atoms with E-state index < -0.39 is 5.92 Å². The third-order valence-electron chi connectivity index (χ3n) is 2.99. The molecule has 0 aliphatic heterocycles. The van der Waals surface area contributed by atoms with Gasteiger partial charge in [0.1, 0.15) is 17.5 Å². The number of pyridine rings is 1. The number of aromatic nitrogens is 1. The van der Waals surface area contributed by atoms with E-state index in [0.29, 0.717) is 12.2 Å². The van der Waals surface area contributed by atoms with Crippen molar-refractivity contribution in [2.75, 3.05) is 12.4 Å². The van der Waals surface area contributed by atoms with Crippen molar-refractivity contribution < 1.29 is 9.53 Å². The lowest BCUT2D eigenvalue weighted by Gasteiger charge is -2.10. The lowest BCUT2D eigenvalue weighted by molar-refractivity contribution is -0.118. The Hall–Kier alpha value is -2.87. The first-order valence-electron chi connectivity index (χ1n) is 6.47. The van der Waals surface area contributed by atoms with Crippen LogP contribution in [-0.2, 0) is 11.2 Å². The van der Waals surface area contributed by atoms with Gasteiger partial charge in [-0.2, -0.15) is 5.26 Å². The number of anilines is 1. The van der Waals surface area contributed by atoms with E-state index in [1.807, 2.05) is 18.2 Å². The summed E-state index contributed by atoms with van der Waals surface area (Å²) in [5, 5.41) is 11.8. The fourth-order valence-corrected chi connectivity index (χ4v) is 1.84. The zero-order valence-electron chi connectivity index (χ0n) is 11.6. The van der Waals surface area contributed by atoms with Crippen LogP contribution in [0.4, 0.5) is 5.82 Å². The van der Waals surface area contributed by atoms with Gasteiger partial charge in [0, 0.05) is 6.20 Å². The summed E-state index contributed by atoms with van der Waals surface area (Å²) in [4.78, 5) is 16.1. The molecule has 0 spiro atoms. The van der Waals surface area contributed by atoms with Crippen LogP contribution < -0.4 is 10.1 Å². The second kappa shape index (κ2) is 7.06. The van der Waals surface area contributed by atoms with Gasteiger partial charge in [-0.15, -0.1) is 0 Å². The van der Waals surface area contributed by atoms with E-state index in [2.05, 4.69) is 10.3 Å². The molecule has 1 aromatic heterocycles. The Labute approximate surface area is 123 Å². The average Bonchev–Trinajstić information content (AvgIpc) is 2.54. The Morgan fingerprint density at radius 1 is 1.33 bits per heavy atom. The summed E-state index contributed by atoms with van der Waals surface area (Å²) < 4.78 is 5.07. The zero-order chi connectivity index (χ0) is 15.1. The highest BCUT2D eigenvalue weighted by Crippen LogP contribution is 2.15. The quantitative estimate of drug-likeness (QED) is 0.913. The molecule has 0 radical (unpaired) electrons. The monoisotopic (exact) mass is 281 g/mol. The predicted molar refractivity (Wildman–Crippen MR) is 78.7 cm³/mol. The molecule has 0 aliphatic rings. The molecular weight excluding hydrogens is 266 g/mol. The number of hydrogen-bond donors (Lipinski definition) is 1. The Kier molecular flexibility index (Phi) is 4.89. The van der Waals surface area contributed by atoms with Crippen molar-refractivity contribution in [2.24, 2.45) is 5.92 Å². The van der Waals surface area contributed by atoms with Gasteiger partial charge in [-0.05, 0) is 36.2 Å². The Balaban J connectivity index is 2.02. The summed E-state index contributed by atoms with van der Waals surface area (Å²) in [5.74, 6) is 0.0649. The van der Waals surface area contributed by atoms with Gasteiger partial charge in [-0.25, -0.2) is 4.98 Å². The molecule has 0 saturated heterocycles. The molecule has 1 amide bonds. The smallest absolute Gasteiger partial charge is 0.243 e. The highest BCUT2D eigenvalue weighted by molar-refractivity contribution is 5.93. The van der Waals surface area contributed by atoms with E-state index in [0.717, 1.165) is 11.3 Å². The van der Waals surface area contributed by atoms with Crippen molar-refractivity contribution in [1.29, 1.82) is 5.26 Å². The molecule has 0 bridgehead atoms. The molecule has 1 heterocycles. The molecule has 0 aliphatic carbocycles. The van der Waals surface area contributed by atoms with Crippen LogP contribution in [0.25, 0.3) is 0 Å². The molecule has 5 heteroatoms. The van der Waals surface area contributed by atoms with Gasteiger partial charge in [0.2, 0.25) is 5.91 Å². The van der Waals surface area contributed by atoms with Crippen molar-refractivity contribution in [1.82, 2.24) is 4.98 Å². The highest BCUT2D eigenvalue weighted by Gasteiger charge is 2.18. The van der Waals surface area contributed by atoms with E-state index >= 15 is 0 Å². The summed E-state index contributed by atoms with van der Waals surface area (Å²) in [6.07, 6.45) is 1.93. The highest BCUT2D eigenvalue weighted by atomic mass is 16.5. The first-order chi connectivity index (χ1) is 10.2. The molecule has 0 saturated carbocycles. The van der Waals surface area contributed by atoms with E-state index in [9.17, 15) is 10.1 Å². The molecule has 0 unspecified atom stereocenters. The third-order valence-corrected chi connectivity index (χ3v) is 2.99. The van der Waals surface area contributed by atoms with Crippen LogP contribution in [0.2, 0.25) is 0 Å². The van der Waals surface area contributed by atoms with Gasteiger partial charge < -0.3 is 10.1 Å². The second-order valence-corrected chi connectivity index (χ2v) is 4.44. The van der Waals surface area contributed by atoms with E-state index in [1.54, 1.807) is 43.6 Å². The summed E-state index contributed by atoms with van der Waals surface area (Å²) in [6, 6.07) is 14.5. The molecule has 2 aromatic rings. The van der Waals surface area contributed by atoms with Gasteiger partial charge in [-0.3, -0.25) is 4.79 Å². The number of benzene rings is 1. The number of hydrogen-bond acceptors (Lipinski definition) is 4. The minimum atomic E-state index is -0.764. The SMILES string of the molecule is COc1ccc(C[C@@H](C#N)C(=O)Nc2ccccn2)cc1. The molecule has 0 fully saturated rings. The standard InChI is InChI=1S/C16H15N3O2/c1-21-14-7-5-12(6-8-14)10-13(11-17)16(20)19-15-4-2-3-9-18-15/h2-9,13H,10H2,1H3,(H,18,19,20)/t13-/m0/s1. The average molecular weight is 281 g/mol. The maximum atomic E-state index is 12.1. The Bertz CT molecular complexity index is 633. The fraction of sp³-hybridized carbons (Fsp3) is 0.188. The number of nitriles is 1. The number of carbonyl (C=O) groups excluding carboxylic acids is 1. The molecule has 106 valence electrons. The maximum absolute atomic E-state index is 12.1. The van der Waals surface area contributed by atoms with Crippen LogP contribution in [0.3, 0.4) is 0 Å². The number of rotatable bonds is 5. The second-order valence-electron chi connectivity index (χ2n) is 4.44. The van der Waals surface area contributed by atoms with Crippen LogP contribution in [0.5, 0.6) is 5.75 Å². The van der Waals surface area contributed by atoms with Gasteiger partial charge in [0.15, 0.2) is 0 Å². The predicted octanol–water partition coefficient (Wildman–Crippen LogP) is 2.41. The molecule has 21 heavy (non-hydrogen) atoms. The van der Waals surface area contributed by atoms with Crippen molar-refractivity contribution in [3.63, 3.8) is 0 Å². The van der Waals surface area contributed by atoms with Crippen LogP contribution in [0, 0.1) is 17.2 Å². The number of amides is 1. The Morgan fingerprint density at radius 3 is 2.67 bits per heavy atom. The van der Waals surface area contributed by atoms with Crippen LogP contribution in [0.15, 0.2) is 48.7 Å². The van der Waals surface area contributed by atoms with Gasteiger partial charge in [-0.1, -0.05) is 18.2 Å². The molecule has 2 rings (SSSR count). The minimum Gasteiger partial charge on any atom is -0.497 e. The molecule has 1 N–H and O–H groups in total. The summed E-state index contributed by atoms with van der Waals surface area (Å²) in [6.45, 7) is 0. The summed E-state index contributed by atoms with van der Waals surface area (Å²) in [5.41, 5.74) is 0.901. The van der Waals surface area contributed by atoms with E-state index in [-0.39, 0.29) is 5.91 Å². The topological polar surface area (TPSA) is 75.0 Å². The minimum absolute atomic E-state index is 0.346. The Morgan fingerprint density at radius 2 is 2.10 bits per heavy atom. The zero-order valence-corrected chi connectivity index (χ0v) is 11.6.